The fourth-order valence-electron chi connectivity index (χ4n) is 2.31. The number of hydrogen-bond acceptors (Lipinski definition) is 3. The molecule has 1 rings (SSSR count). The molecule has 0 bridgehead atoms. The minimum absolute atomic E-state index is 0.0452. The fourth-order valence-corrected chi connectivity index (χ4v) is 2.31. The van der Waals surface area contributed by atoms with Gasteiger partial charge in [-0.2, -0.15) is 0 Å². The molecule has 19 heavy (non-hydrogen) atoms. The van der Waals surface area contributed by atoms with E-state index in [2.05, 4.69) is 10.6 Å². The normalized spacial score (nSPS) is 20.0. The van der Waals surface area contributed by atoms with E-state index in [1.54, 1.807) is 0 Å². The zero-order valence-electron chi connectivity index (χ0n) is 12.0. The Kier molecular flexibility index (Phi) is 6.28. The number of carboxylic acids is 1. The molecule has 5 heteroatoms. The average Bonchev–Trinajstić information content (AvgIpc) is 2.37. The van der Waals surface area contributed by atoms with Crippen LogP contribution in [0.3, 0.4) is 0 Å². The lowest BCUT2D eigenvalue weighted by Crippen LogP contribution is -2.41. The van der Waals surface area contributed by atoms with E-state index in [9.17, 15) is 9.59 Å². The Morgan fingerprint density at radius 2 is 2.11 bits per heavy atom. The van der Waals surface area contributed by atoms with Crippen LogP contribution in [0.15, 0.2) is 0 Å². The largest absolute Gasteiger partial charge is 0.481 e. The van der Waals surface area contributed by atoms with E-state index in [-0.39, 0.29) is 23.7 Å². The van der Waals surface area contributed by atoms with Crippen LogP contribution in [0, 0.1) is 11.3 Å². The van der Waals surface area contributed by atoms with Crippen molar-refractivity contribution < 1.29 is 14.7 Å². The van der Waals surface area contributed by atoms with E-state index >= 15 is 0 Å². The molecule has 5 nitrogen and oxygen atoms in total. The summed E-state index contributed by atoms with van der Waals surface area (Å²) in [5.74, 6) is -0.539. The van der Waals surface area contributed by atoms with Gasteiger partial charge in [-0.3, -0.25) is 9.59 Å². The van der Waals surface area contributed by atoms with Crippen LogP contribution in [0.2, 0.25) is 0 Å². The van der Waals surface area contributed by atoms with Gasteiger partial charge in [0.05, 0.1) is 5.92 Å². The standard InChI is InChI=1S/C14H26N2O3/c1-14(2,6-5-12(17)18)7-9-16-13(19)11-4-3-8-15-10-11/h11,15H,3-10H2,1-2H3,(H,16,19)(H,17,18)/t11-/m1/s1. The van der Waals surface area contributed by atoms with Gasteiger partial charge in [0.1, 0.15) is 0 Å². The van der Waals surface area contributed by atoms with Gasteiger partial charge in [0, 0.05) is 19.5 Å². The first-order valence-electron chi connectivity index (χ1n) is 7.11. The van der Waals surface area contributed by atoms with E-state index in [0.29, 0.717) is 13.0 Å². The second-order valence-electron chi connectivity index (χ2n) is 6.14. The topological polar surface area (TPSA) is 78.4 Å². The lowest BCUT2D eigenvalue weighted by Gasteiger charge is -2.25. The van der Waals surface area contributed by atoms with Crippen LogP contribution >= 0.6 is 0 Å². The van der Waals surface area contributed by atoms with Crippen molar-refractivity contribution in [2.24, 2.45) is 11.3 Å². The van der Waals surface area contributed by atoms with E-state index in [0.717, 1.165) is 32.4 Å². The Labute approximate surface area is 115 Å². The van der Waals surface area contributed by atoms with Crippen molar-refractivity contribution in [1.82, 2.24) is 10.6 Å². The average molecular weight is 270 g/mol. The molecule has 1 heterocycles. The second kappa shape index (κ2) is 7.48. The van der Waals surface area contributed by atoms with Gasteiger partial charge in [0.15, 0.2) is 0 Å². The Morgan fingerprint density at radius 1 is 1.37 bits per heavy atom. The van der Waals surface area contributed by atoms with Crippen LogP contribution in [0.1, 0.15) is 46.0 Å². The molecule has 0 unspecified atom stereocenters. The van der Waals surface area contributed by atoms with Crippen LogP contribution in [0.25, 0.3) is 0 Å². The molecule has 0 radical (unpaired) electrons. The van der Waals surface area contributed by atoms with E-state index in [1.807, 2.05) is 13.8 Å². The molecule has 0 aromatic carbocycles. The number of aliphatic carboxylic acids is 1. The molecule has 0 aromatic heterocycles. The molecule has 0 spiro atoms. The summed E-state index contributed by atoms with van der Waals surface area (Å²) in [6.07, 6.45) is 3.66. The van der Waals surface area contributed by atoms with Gasteiger partial charge in [0.2, 0.25) is 5.91 Å². The summed E-state index contributed by atoms with van der Waals surface area (Å²) < 4.78 is 0. The van der Waals surface area contributed by atoms with Gasteiger partial charge in [0.25, 0.3) is 0 Å². The lowest BCUT2D eigenvalue weighted by molar-refractivity contribution is -0.137. The molecule has 0 aromatic rings. The maximum Gasteiger partial charge on any atom is 0.303 e. The first-order chi connectivity index (χ1) is 8.91. The van der Waals surface area contributed by atoms with Gasteiger partial charge < -0.3 is 15.7 Å². The zero-order chi connectivity index (χ0) is 14.3. The van der Waals surface area contributed by atoms with Crippen LogP contribution in [0.4, 0.5) is 0 Å². The number of nitrogens with one attached hydrogen (secondary N) is 2. The fraction of sp³-hybridized carbons (Fsp3) is 0.857. The van der Waals surface area contributed by atoms with Gasteiger partial charge in [-0.1, -0.05) is 13.8 Å². The second-order valence-corrected chi connectivity index (χ2v) is 6.14. The van der Waals surface area contributed by atoms with Crippen LogP contribution in [-0.2, 0) is 9.59 Å². The van der Waals surface area contributed by atoms with Gasteiger partial charge in [-0.05, 0) is 37.6 Å². The van der Waals surface area contributed by atoms with E-state index < -0.39 is 5.97 Å². The minimum atomic E-state index is -0.759. The Balaban J connectivity index is 2.20. The summed E-state index contributed by atoms with van der Waals surface area (Å²) in [5.41, 5.74) is -0.0452. The summed E-state index contributed by atoms with van der Waals surface area (Å²) in [5, 5.41) is 14.9. The van der Waals surface area contributed by atoms with Crippen LogP contribution in [0.5, 0.6) is 0 Å². The highest BCUT2D eigenvalue weighted by molar-refractivity contribution is 5.78. The monoisotopic (exact) mass is 270 g/mol. The molecule has 1 saturated heterocycles. The third-order valence-electron chi connectivity index (χ3n) is 3.78. The Morgan fingerprint density at radius 3 is 2.68 bits per heavy atom. The summed E-state index contributed by atoms with van der Waals surface area (Å²) in [4.78, 5) is 22.5. The summed E-state index contributed by atoms with van der Waals surface area (Å²) >= 11 is 0. The zero-order valence-corrected chi connectivity index (χ0v) is 12.0. The molecule has 1 atom stereocenters. The molecular weight excluding hydrogens is 244 g/mol. The molecule has 110 valence electrons. The number of rotatable bonds is 7. The molecule has 1 aliphatic rings. The van der Waals surface area contributed by atoms with Crippen molar-refractivity contribution in [3.63, 3.8) is 0 Å². The van der Waals surface area contributed by atoms with Crippen LogP contribution in [-0.4, -0.2) is 36.6 Å². The molecule has 0 aliphatic carbocycles. The quantitative estimate of drug-likeness (QED) is 0.653. The van der Waals surface area contributed by atoms with E-state index in [1.165, 1.54) is 0 Å². The van der Waals surface area contributed by atoms with Gasteiger partial charge in [-0.15, -0.1) is 0 Å². The summed E-state index contributed by atoms with van der Waals surface area (Å²) in [6, 6.07) is 0. The number of amides is 1. The minimum Gasteiger partial charge on any atom is -0.481 e. The van der Waals surface area contributed by atoms with Gasteiger partial charge in [-0.25, -0.2) is 0 Å². The van der Waals surface area contributed by atoms with Crippen molar-refractivity contribution in [2.45, 2.75) is 46.0 Å². The van der Waals surface area contributed by atoms with Crippen molar-refractivity contribution >= 4 is 11.9 Å². The highest BCUT2D eigenvalue weighted by atomic mass is 16.4. The van der Waals surface area contributed by atoms with Crippen molar-refractivity contribution in [3.05, 3.63) is 0 Å². The molecule has 0 saturated carbocycles. The molecular formula is C14H26N2O3. The number of piperidine rings is 1. The number of hydrogen-bond donors (Lipinski definition) is 3. The van der Waals surface area contributed by atoms with Crippen molar-refractivity contribution in [3.8, 4) is 0 Å². The first kappa shape index (κ1) is 16.0. The number of carbonyl (C=O) groups is 2. The summed E-state index contributed by atoms with van der Waals surface area (Å²) in [7, 11) is 0. The molecule has 3 N–H and O–H groups in total. The molecule has 1 aliphatic heterocycles. The third-order valence-corrected chi connectivity index (χ3v) is 3.78. The Bertz CT molecular complexity index is 310. The maximum atomic E-state index is 11.9. The third kappa shape index (κ3) is 6.57. The predicted octanol–water partition coefficient (Wildman–Crippen LogP) is 1.38. The lowest BCUT2D eigenvalue weighted by atomic mass is 9.84. The summed E-state index contributed by atoms with van der Waals surface area (Å²) in [6.45, 7) is 6.50. The van der Waals surface area contributed by atoms with E-state index in [4.69, 9.17) is 5.11 Å². The predicted molar refractivity (Wildman–Crippen MR) is 73.9 cm³/mol. The highest BCUT2D eigenvalue weighted by Gasteiger charge is 2.22. The number of carboxylic acid groups (broad SMARTS) is 1. The first-order valence-corrected chi connectivity index (χ1v) is 7.11. The SMILES string of the molecule is CC(C)(CCNC(=O)[C@@H]1CCCNC1)CCC(=O)O. The van der Waals surface area contributed by atoms with Crippen molar-refractivity contribution in [2.75, 3.05) is 19.6 Å². The number of carbonyl (C=O) groups excluding carboxylic acids is 1. The van der Waals surface area contributed by atoms with Crippen LogP contribution < -0.4 is 10.6 Å². The molecule has 1 fully saturated rings. The molecule has 1 amide bonds. The highest BCUT2D eigenvalue weighted by Crippen LogP contribution is 2.26. The van der Waals surface area contributed by atoms with Gasteiger partial charge >= 0.3 is 5.97 Å². The Hall–Kier alpha value is -1.10. The maximum absolute atomic E-state index is 11.9. The smallest absolute Gasteiger partial charge is 0.303 e. The van der Waals surface area contributed by atoms with Crippen molar-refractivity contribution in [1.29, 1.82) is 0 Å².